The summed E-state index contributed by atoms with van der Waals surface area (Å²) in [6, 6.07) is 14.6. The van der Waals surface area contributed by atoms with Gasteiger partial charge in [0.2, 0.25) is 5.88 Å². The van der Waals surface area contributed by atoms with Gasteiger partial charge in [-0.25, -0.2) is 0 Å². The zero-order valence-corrected chi connectivity index (χ0v) is 19.0. The summed E-state index contributed by atoms with van der Waals surface area (Å²) in [5.41, 5.74) is 8.97. The van der Waals surface area contributed by atoms with E-state index in [2.05, 4.69) is 11.4 Å². The van der Waals surface area contributed by atoms with E-state index >= 15 is 0 Å². The van der Waals surface area contributed by atoms with E-state index in [4.69, 9.17) is 19.9 Å². The summed E-state index contributed by atoms with van der Waals surface area (Å²) in [6.45, 7) is 1.69. The highest BCUT2D eigenvalue weighted by Gasteiger charge is 2.38. The molecule has 0 radical (unpaired) electrons. The maximum absolute atomic E-state index is 12.7. The van der Waals surface area contributed by atoms with E-state index in [1.54, 1.807) is 18.2 Å². The summed E-state index contributed by atoms with van der Waals surface area (Å²) in [7, 11) is 1.48. The van der Waals surface area contributed by atoms with E-state index < -0.39 is 5.92 Å². The van der Waals surface area contributed by atoms with Gasteiger partial charge in [-0.05, 0) is 42.7 Å². The van der Waals surface area contributed by atoms with Gasteiger partial charge in [0.05, 0.1) is 13.0 Å². The Morgan fingerprint density at radius 2 is 2.03 bits per heavy atom. The van der Waals surface area contributed by atoms with Crippen molar-refractivity contribution in [2.75, 3.05) is 19.0 Å². The van der Waals surface area contributed by atoms with Gasteiger partial charge in [-0.3, -0.25) is 9.59 Å². The van der Waals surface area contributed by atoms with Crippen LogP contribution < -0.4 is 20.5 Å². The van der Waals surface area contributed by atoms with E-state index in [9.17, 15) is 14.9 Å². The third-order valence-electron chi connectivity index (χ3n) is 5.90. The van der Waals surface area contributed by atoms with Crippen LogP contribution >= 0.6 is 0 Å². The zero-order chi connectivity index (χ0) is 24.2. The number of aryl methyl sites for hydroxylation is 1. The Kier molecular flexibility index (Phi) is 6.55. The van der Waals surface area contributed by atoms with Gasteiger partial charge in [-0.15, -0.1) is 0 Å². The predicted molar refractivity (Wildman–Crippen MR) is 125 cm³/mol. The van der Waals surface area contributed by atoms with Gasteiger partial charge >= 0.3 is 0 Å². The number of para-hydroxylation sites is 1. The van der Waals surface area contributed by atoms with Gasteiger partial charge in [-0.2, -0.15) is 5.26 Å². The monoisotopic (exact) mass is 459 g/mol. The van der Waals surface area contributed by atoms with Crippen molar-refractivity contribution < 1.29 is 23.8 Å². The molecule has 1 atom stereocenters. The van der Waals surface area contributed by atoms with E-state index in [0.717, 1.165) is 5.56 Å². The quantitative estimate of drug-likeness (QED) is 0.673. The van der Waals surface area contributed by atoms with Crippen LogP contribution in [-0.4, -0.2) is 25.4 Å². The number of carbonyl (C=O) groups excluding carboxylic acids is 2. The predicted octanol–water partition coefficient (Wildman–Crippen LogP) is 3.84. The molecule has 0 saturated carbocycles. The molecule has 0 spiro atoms. The molecule has 2 aliphatic rings. The summed E-state index contributed by atoms with van der Waals surface area (Å²) in [5.74, 6) is 0.243. The van der Waals surface area contributed by atoms with Crippen LogP contribution in [0.3, 0.4) is 0 Å². The minimum Gasteiger partial charge on any atom is -0.493 e. The number of ketones is 1. The SMILES string of the molecule is COc1cc(C2C(C#N)=C(N)OC3=C2C(=O)CCC3)ccc1OCC(=O)Nc1ccccc1C. The molecular formula is C26H25N3O5. The van der Waals surface area contributed by atoms with Crippen molar-refractivity contribution in [3.8, 4) is 17.6 Å². The fourth-order valence-electron chi connectivity index (χ4n) is 4.22. The van der Waals surface area contributed by atoms with Gasteiger partial charge in [0, 0.05) is 24.1 Å². The Balaban J connectivity index is 1.58. The average molecular weight is 460 g/mol. The van der Waals surface area contributed by atoms with Crippen molar-refractivity contribution in [2.45, 2.75) is 32.1 Å². The van der Waals surface area contributed by atoms with Crippen LogP contribution in [0.4, 0.5) is 5.69 Å². The topological polar surface area (TPSA) is 124 Å². The first-order valence-electron chi connectivity index (χ1n) is 10.9. The molecule has 8 heteroatoms. The second kappa shape index (κ2) is 9.71. The van der Waals surface area contributed by atoms with Gasteiger partial charge < -0.3 is 25.3 Å². The van der Waals surface area contributed by atoms with Crippen LogP contribution in [0, 0.1) is 18.3 Å². The maximum Gasteiger partial charge on any atom is 0.262 e. The highest BCUT2D eigenvalue weighted by atomic mass is 16.5. The molecule has 1 unspecified atom stereocenters. The number of amides is 1. The molecule has 34 heavy (non-hydrogen) atoms. The molecule has 3 N–H and O–H groups in total. The third kappa shape index (κ3) is 4.46. The molecular weight excluding hydrogens is 434 g/mol. The van der Waals surface area contributed by atoms with E-state index in [1.165, 1.54) is 7.11 Å². The minimum absolute atomic E-state index is 0.00752. The lowest BCUT2D eigenvalue weighted by Crippen LogP contribution is -2.27. The van der Waals surface area contributed by atoms with Crippen molar-refractivity contribution >= 4 is 17.4 Å². The van der Waals surface area contributed by atoms with Crippen LogP contribution in [0.15, 0.2) is 65.3 Å². The standard InChI is InChI=1S/C26H25N3O5/c1-15-6-3-4-7-18(15)29-23(31)14-33-20-11-10-16(12-22(20)32-2)24-17(13-27)26(28)34-21-9-5-8-19(30)25(21)24/h3-4,6-7,10-12,24H,5,8-9,14,28H2,1-2H3,(H,29,31). The van der Waals surface area contributed by atoms with Gasteiger partial charge in [0.1, 0.15) is 17.4 Å². The highest BCUT2D eigenvalue weighted by Crippen LogP contribution is 2.45. The van der Waals surface area contributed by atoms with Crippen molar-refractivity contribution in [1.82, 2.24) is 0 Å². The van der Waals surface area contributed by atoms with Crippen LogP contribution in [0.2, 0.25) is 0 Å². The minimum atomic E-state index is -0.645. The Morgan fingerprint density at radius 3 is 2.76 bits per heavy atom. The molecule has 1 heterocycles. The first kappa shape index (κ1) is 22.9. The molecule has 174 valence electrons. The number of anilines is 1. The fourth-order valence-corrected chi connectivity index (χ4v) is 4.22. The molecule has 0 saturated heterocycles. The van der Waals surface area contributed by atoms with Gasteiger partial charge in [0.25, 0.3) is 5.91 Å². The second-order valence-corrected chi connectivity index (χ2v) is 8.10. The van der Waals surface area contributed by atoms with Crippen LogP contribution in [-0.2, 0) is 14.3 Å². The van der Waals surface area contributed by atoms with Crippen molar-refractivity contribution in [3.05, 3.63) is 76.4 Å². The van der Waals surface area contributed by atoms with Crippen molar-refractivity contribution in [1.29, 1.82) is 5.26 Å². The lowest BCUT2D eigenvalue weighted by Gasteiger charge is -2.31. The lowest BCUT2D eigenvalue weighted by molar-refractivity contribution is -0.118. The van der Waals surface area contributed by atoms with Crippen molar-refractivity contribution in [2.24, 2.45) is 5.73 Å². The Bertz CT molecular complexity index is 1260. The van der Waals surface area contributed by atoms with E-state index in [0.29, 0.717) is 53.3 Å². The van der Waals surface area contributed by atoms with Crippen LogP contribution in [0.25, 0.3) is 0 Å². The Morgan fingerprint density at radius 1 is 1.24 bits per heavy atom. The summed E-state index contributed by atoms with van der Waals surface area (Å²) in [4.78, 5) is 25.1. The highest BCUT2D eigenvalue weighted by molar-refractivity contribution is 5.99. The normalized spacial score (nSPS) is 17.4. The Labute approximate surface area is 197 Å². The molecule has 1 aliphatic heterocycles. The van der Waals surface area contributed by atoms with E-state index in [1.807, 2.05) is 31.2 Å². The zero-order valence-electron chi connectivity index (χ0n) is 19.0. The van der Waals surface area contributed by atoms with E-state index in [-0.39, 0.29) is 29.8 Å². The molecule has 0 bridgehead atoms. The number of carbonyl (C=O) groups is 2. The number of methoxy groups -OCH3 is 1. The van der Waals surface area contributed by atoms with Gasteiger partial charge in [0.15, 0.2) is 23.9 Å². The molecule has 0 aromatic heterocycles. The number of nitrogens with zero attached hydrogens (tertiary/aromatic N) is 1. The fraction of sp³-hybridized carbons (Fsp3) is 0.269. The number of nitrogens with two attached hydrogens (primary N) is 1. The molecule has 2 aromatic carbocycles. The number of nitriles is 1. The van der Waals surface area contributed by atoms with Crippen LogP contribution in [0.1, 0.15) is 36.3 Å². The number of benzene rings is 2. The lowest BCUT2D eigenvalue weighted by atomic mass is 9.77. The van der Waals surface area contributed by atoms with Crippen molar-refractivity contribution in [3.63, 3.8) is 0 Å². The number of hydrogen-bond acceptors (Lipinski definition) is 7. The average Bonchev–Trinajstić information content (AvgIpc) is 2.83. The molecule has 0 fully saturated rings. The van der Waals surface area contributed by atoms with Crippen LogP contribution in [0.5, 0.6) is 11.5 Å². The number of hydrogen-bond donors (Lipinski definition) is 2. The smallest absolute Gasteiger partial charge is 0.262 e. The maximum atomic E-state index is 12.7. The first-order valence-corrected chi connectivity index (χ1v) is 10.9. The third-order valence-corrected chi connectivity index (χ3v) is 5.90. The molecule has 2 aromatic rings. The molecule has 1 aliphatic carbocycles. The first-order chi connectivity index (χ1) is 16.4. The summed E-state index contributed by atoms with van der Waals surface area (Å²) in [5, 5.41) is 12.6. The Hall–Kier alpha value is -4.25. The number of rotatable bonds is 6. The molecule has 1 amide bonds. The largest absolute Gasteiger partial charge is 0.493 e. The number of allylic oxidation sites excluding steroid dienone is 3. The number of ether oxygens (including phenoxy) is 3. The second-order valence-electron chi connectivity index (χ2n) is 8.10. The van der Waals surface area contributed by atoms with Gasteiger partial charge in [-0.1, -0.05) is 24.3 Å². The summed E-state index contributed by atoms with van der Waals surface area (Å²) in [6.07, 6.45) is 1.66. The molecule has 4 rings (SSSR count). The molecule has 8 nitrogen and oxygen atoms in total. The number of nitrogens with one attached hydrogen (secondary N) is 1. The summed E-state index contributed by atoms with van der Waals surface area (Å²) >= 11 is 0. The number of Topliss-reactive ketones (excluding diaryl/α,β-unsaturated/α-hetero) is 1. The summed E-state index contributed by atoms with van der Waals surface area (Å²) < 4.78 is 16.8.